The van der Waals surface area contributed by atoms with Gasteiger partial charge in [-0.05, 0) is 43.3 Å². The Morgan fingerprint density at radius 1 is 1.19 bits per heavy atom. The van der Waals surface area contributed by atoms with Gasteiger partial charge < -0.3 is 15.0 Å². The second-order valence-corrected chi connectivity index (χ2v) is 9.62. The number of likely N-dealkylation sites (N-methyl/N-ethyl adjacent to an activating group) is 1. The maximum Gasteiger partial charge on any atom is 0.268 e. The first-order valence-corrected chi connectivity index (χ1v) is 11.9. The molecule has 0 saturated carbocycles. The number of benzene rings is 1. The molecule has 0 aliphatic carbocycles. The number of aromatic nitrogens is 2. The van der Waals surface area contributed by atoms with Crippen molar-refractivity contribution in [1.82, 2.24) is 19.4 Å². The fraction of sp³-hybridized carbons (Fsp3) is 0.455. The summed E-state index contributed by atoms with van der Waals surface area (Å²) in [5, 5.41) is 4.84. The molecule has 31 heavy (non-hydrogen) atoms. The topological polar surface area (TPSA) is 62.6 Å². The number of ether oxygens (including phenoxy) is 1. The molecule has 5 rings (SSSR count). The molecule has 9 heteroatoms. The number of hydrogen-bond donors (Lipinski definition) is 1. The van der Waals surface area contributed by atoms with Gasteiger partial charge in [0, 0.05) is 49.2 Å². The molecule has 1 fully saturated rings. The first kappa shape index (κ1) is 20.9. The van der Waals surface area contributed by atoms with Crippen LogP contribution in [0.1, 0.15) is 10.4 Å². The molecule has 3 aromatic rings. The first-order chi connectivity index (χ1) is 15.1. The van der Waals surface area contributed by atoms with E-state index >= 15 is 0 Å². The molecule has 0 amide bonds. The molecule has 2 aliphatic rings. The van der Waals surface area contributed by atoms with Gasteiger partial charge >= 0.3 is 0 Å². The van der Waals surface area contributed by atoms with E-state index in [1.807, 2.05) is 24.3 Å². The van der Waals surface area contributed by atoms with Crippen LogP contribution < -0.4 is 10.9 Å². The number of thiophene rings is 1. The highest BCUT2D eigenvalue weighted by atomic mass is 35.5. The normalized spacial score (nSPS) is 17.7. The Bertz CT molecular complexity index is 1140. The number of anilines is 1. The van der Waals surface area contributed by atoms with Gasteiger partial charge in [-0.3, -0.25) is 9.69 Å². The molecular formula is C22H26ClN5O2S. The maximum absolute atomic E-state index is 13.7. The maximum atomic E-state index is 13.7. The molecule has 2 aromatic heterocycles. The van der Waals surface area contributed by atoms with Gasteiger partial charge in [0.05, 0.1) is 24.3 Å². The van der Waals surface area contributed by atoms with E-state index in [2.05, 4.69) is 22.2 Å². The zero-order valence-corrected chi connectivity index (χ0v) is 19.1. The van der Waals surface area contributed by atoms with Gasteiger partial charge in [-0.15, -0.1) is 11.3 Å². The summed E-state index contributed by atoms with van der Waals surface area (Å²) >= 11 is 7.74. The second kappa shape index (κ2) is 8.88. The average Bonchev–Trinajstić information content (AvgIpc) is 3.13. The summed E-state index contributed by atoms with van der Waals surface area (Å²) in [7, 11) is 2.12. The molecule has 0 bridgehead atoms. The predicted octanol–water partition coefficient (Wildman–Crippen LogP) is 2.83. The van der Waals surface area contributed by atoms with Crippen LogP contribution in [-0.2, 0) is 17.7 Å². The fourth-order valence-corrected chi connectivity index (χ4v) is 5.69. The van der Waals surface area contributed by atoms with Crippen molar-refractivity contribution in [2.24, 2.45) is 0 Å². The zero-order chi connectivity index (χ0) is 21.4. The molecule has 1 aromatic carbocycles. The molecule has 1 saturated heterocycles. The van der Waals surface area contributed by atoms with Crippen LogP contribution in [0.3, 0.4) is 0 Å². The third-order valence-corrected chi connectivity index (χ3v) is 7.33. The molecule has 2 aliphatic heterocycles. The van der Waals surface area contributed by atoms with E-state index in [4.69, 9.17) is 21.3 Å². The smallest absolute Gasteiger partial charge is 0.268 e. The quantitative estimate of drug-likeness (QED) is 0.633. The lowest BCUT2D eigenvalue weighted by atomic mass is 10.1. The number of morpholine rings is 1. The number of fused-ring (bicyclic) bond motifs is 3. The molecule has 0 atom stereocenters. The van der Waals surface area contributed by atoms with Crippen molar-refractivity contribution >= 4 is 39.1 Å². The van der Waals surface area contributed by atoms with Gasteiger partial charge in [-0.2, -0.15) is 0 Å². The number of nitrogens with zero attached hydrogens (tertiary/aromatic N) is 4. The van der Waals surface area contributed by atoms with E-state index in [0.717, 1.165) is 73.8 Å². The lowest BCUT2D eigenvalue weighted by Gasteiger charge is -2.26. The van der Waals surface area contributed by atoms with Crippen molar-refractivity contribution in [3.8, 4) is 5.69 Å². The summed E-state index contributed by atoms with van der Waals surface area (Å²) in [5.41, 5.74) is 1.92. The van der Waals surface area contributed by atoms with Crippen molar-refractivity contribution in [3.05, 3.63) is 50.1 Å². The summed E-state index contributed by atoms with van der Waals surface area (Å²) in [5.74, 6) is 0.583. The minimum Gasteiger partial charge on any atom is -0.379 e. The Morgan fingerprint density at radius 2 is 1.97 bits per heavy atom. The van der Waals surface area contributed by atoms with Crippen LogP contribution in [0.5, 0.6) is 0 Å². The van der Waals surface area contributed by atoms with Crippen LogP contribution >= 0.6 is 22.9 Å². The van der Waals surface area contributed by atoms with Gasteiger partial charge in [0.2, 0.25) is 5.95 Å². The standard InChI is InChI=1S/C22H26ClN5O2S/c1-26-8-6-17-18(14-26)31-20-19(17)21(29)28(16-4-2-15(23)3-5-16)22(25-20)24-7-9-27-10-12-30-13-11-27/h2-5H,6-14H2,1H3,(H,24,25). The van der Waals surface area contributed by atoms with Gasteiger partial charge in [0.25, 0.3) is 5.56 Å². The monoisotopic (exact) mass is 459 g/mol. The van der Waals surface area contributed by atoms with E-state index in [0.29, 0.717) is 17.5 Å². The lowest BCUT2D eigenvalue weighted by Crippen LogP contribution is -2.39. The van der Waals surface area contributed by atoms with Gasteiger partial charge in [0.1, 0.15) is 4.83 Å². The minimum atomic E-state index is -0.0109. The SMILES string of the molecule is CN1CCc2c(sc3nc(NCCN4CCOCC4)n(-c4ccc(Cl)cc4)c(=O)c23)C1. The molecule has 0 radical (unpaired) electrons. The van der Waals surface area contributed by atoms with E-state index in [1.165, 1.54) is 4.88 Å². The summed E-state index contributed by atoms with van der Waals surface area (Å²) in [6.45, 7) is 6.83. The fourth-order valence-electron chi connectivity index (χ4n) is 4.27. The minimum absolute atomic E-state index is 0.0109. The predicted molar refractivity (Wildman–Crippen MR) is 126 cm³/mol. The van der Waals surface area contributed by atoms with Crippen LogP contribution in [0.25, 0.3) is 15.9 Å². The number of hydrogen-bond acceptors (Lipinski definition) is 7. The van der Waals surface area contributed by atoms with Crippen LogP contribution in [-0.4, -0.2) is 72.3 Å². The lowest BCUT2D eigenvalue weighted by molar-refractivity contribution is 0.0398. The van der Waals surface area contributed by atoms with Crippen molar-refractivity contribution in [2.45, 2.75) is 13.0 Å². The van der Waals surface area contributed by atoms with Gasteiger partial charge in [-0.25, -0.2) is 9.55 Å². The molecule has 7 nitrogen and oxygen atoms in total. The van der Waals surface area contributed by atoms with Gasteiger partial charge in [0.15, 0.2) is 0 Å². The second-order valence-electron chi connectivity index (χ2n) is 8.10. The molecular weight excluding hydrogens is 434 g/mol. The van der Waals surface area contributed by atoms with E-state index in [9.17, 15) is 4.79 Å². The third kappa shape index (κ3) is 4.23. The Kier molecular flexibility index (Phi) is 5.99. The van der Waals surface area contributed by atoms with E-state index in [-0.39, 0.29) is 5.56 Å². The van der Waals surface area contributed by atoms with Crippen molar-refractivity contribution in [3.63, 3.8) is 0 Å². The molecule has 1 N–H and O–H groups in total. The highest BCUT2D eigenvalue weighted by Crippen LogP contribution is 2.33. The first-order valence-electron chi connectivity index (χ1n) is 10.7. The van der Waals surface area contributed by atoms with Crippen LogP contribution in [0.2, 0.25) is 5.02 Å². The summed E-state index contributed by atoms with van der Waals surface area (Å²) in [6, 6.07) is 7.36. The van der Waals surface area contributed by atoms with Crippen molar-refractivity contribution < 1.29 is 4.74 Å². The van der Waals surface area contributed by atoms with Crippen LogP contribution in [0.15, 0.2) is 29.1 Å². The molecule has 0 spiro atoms. The third-order valence-electron chi connectivity index (χ3n) is 5.97. The van der Waals surface area contributed by atoms with Crippen molar-refractivity contribution in [1.29, 1.82) is 0 Å². The highest BCUT2D eigenvalue weighted by Gasteiger charge is 2.24. The van der Waals surface area contributed by atoms with E-state index < -0.39 is 0 Å². The van der Waals surface area contributed by atoms with Crippen LogP contribution in [0, 0.1) is 0 Å². The van der Waals surface area contributed by atoms with Crippen LogP contribution in [0.4, 0.5) is 5.95 Å². The number of rotatable bonds is 5. The largest absolute Gasteiger partial charge is 0.379 e. The summed E-state index contributed by atoms with van der Waals surface area (Å²) in [4.78, 5) is 25.4. The van der Waals surface area contributed by atoms with Crippen molar-refractivity contribution in [2.75, 3.05) is 58.3 Å². The summed E-state index contributed by atoms with van der Waals surface area (Å²) < 4.78 is 7.13. The zero-order valence-electron chi connectivity index (χ0n) is 17.6. The van der Waals surface area contributed by atoms with Gasteiger partial charge in [-0.1, -0.05) is 11.6 Å². The Balaban J connectivity index is 1.54. The highest BCUT2D eigenvalue weighted by molar-refractivity contribution is 7.18. The Morgan fingerprint density at radius 3 is 2.74 bits per heavy atom. The molecule has 4 heterocycles. The average molecular weight is 460 g/mol. The van der Waals surface area contributed by atoms with E-state index in [1.54, 1.807) is 15.9 Å². The Labute approximate surface area is 190 Å². The number of nitrogens with one attached hydrogen (secondary N) is 1. The molecule has 0 unspecified atom stereocenters. The summed E-state index contributed by atoms with van der Waals surface area (Å²) in [6.07, 6.45) is 0.882. The Hall–Kier alpha value is -1.97. The number of halogens is 1. The molecule has 164 valence electrons.